The minimum Gasteiger partial charge on any atom is -0.395 e. The van der Waals surface area contributed by atoms with Gasteiger partial charge in [-0.25, -0.2) is 8.78 Å². The lowest BCUT2D eigenvalue weighted by atomic mass is 10.1. The fourth-order valence-corrected chi connectivity index (χ4v) is 2.81. The van der Waals surface area contributed by atoms with Gasteiger partial charge in [0.15, 0.2) is 0 Å². The summed E-state index contributed by atoms with van der Waals surface area (Å²) in [6, 6.07) is 10.4. The van der Waals surface area contributed by atoms with Gasteiger partial charge in [-0.15, -0.1) is 0 Å². The van der Waals surface area contributed by atoms with E-state index >= 15 is 0 Å². The summed E-state index contributed by atoms with van der Waals surface area (Å²) >= 11 is 0. The third-order valence-corrected chi connectivity index (χ3v) is 4.11. The Morgan fingerprint density at radius 2 is 1.67 bits per heavy atom. The van der Waals surface area contributed by atoms with Crippen LogP contribution in [0.1, 0.15) is 12.5 Å². The van der Waals surface area contributed by atoms with E-state index in [1.54, 1.807) is 30.3 Å². The molecule has 0 unspecified atom stereocenters. The number of para-hydroxylation sites is 1. The number of aliphatic hydroxyl groups is 1. The molecule has 0 heterocycles. The zero-order valence-corrected chi connectivity index (χ0v) is 16.4. The van der Waals surface area contributed by atoms with Gasteiger partial charge in [-0.3, -0.25) is 14.4 Å². The van der Waals surface area contributed by atoms with E-state index in [1.165, 1.54) is 6.92 Å². The number of halogens is 2. The highest BCUT2D eigenvalue weighted by Crippen LogP contribution is 2.09. The maximum Gasteiger partial charge on any atom is 0.245 e. The Bertz CT molecular complexity index is 873. The van der Waals surface area contributed by atoms with E-state index in [2.05, 4.69) is 10.6 Å². The van der Waals surface area contributed by atoms with Crippen molar-refractivity contribution in [2.75, 3.05) is 25.0 Å². The molecule has 3 amide bonds. The molecule has 0 fully saturated rings. The van der Waals surface area contributed by atoms with Crippen molar-refractivity contribution in [2.24, 2.45) is 0 Å². The summed E-state index contributed by atoms with van der Waals surface area (Å²) in [6.07, 6.45) is -0.319. The van der Waals surface area contributed by atoms with E-state index < -0.39 is 35.4 Å². The summed E-state index contributed by atoms with van der Waals surface area (Å²) in [6.45, 7) is 0.638. The van der Waals surface area contributed by atoms with Crippen molar-refractivity contribution in [1.29, 1.82) is 0 Å². The Morgan fingerprint density at radius 3 is 2.27 bits per heavy atom. The Kier molecular flexibility index (Phi) is 8.42. The number of carbonyl (C=O) groups excluding carboxylic acids is 3. The van der Waals surface area contributed by atoms with Crippen LogP contribution in [0.2, 0.25) is 0 Å². The number of rotatable bonds is 9. The second-order valence-corrected chi connectivity index (χ2v) is 6.64. The van der Waals surface area contributed by atoms with Crippen LogP contribution < -0.4 is 10.6 Å². The van der Waals surface area contributed by atoms with Gasteiger partial charge in [0.2, 0.25) is 17.7 Å². The standard InChI is InChI=1S/C21H23F2N3O4/c1-14(24-19(28)11-15-9-16(22)12-17(23)10-15)21(30)26(7-8-27)13-20(29)25-18-5-3-2-4-6-18/h2-6,9-10,12,14,27H,7-8,11,13H2,1H3,(H,24,28)(H,25,29)/t14-/m0/s1. The molecular formula is C21H23F2N3O4. The smallest absolute Gasteiger partial charge is 0.245 e. The van der Waals surface area contributed by atoms with Gasteiger partial charge in [-0.1, -0.05) is 18.2 Å². The predicted octanol–water partition coefficient (Wildman–Crippen LogP) is 1.47. The zero-order valence-electron chi connectivity index (χ0n) is 16.4. The lowest BCUT2D eigenvalue weighted by molar-refractivity contribution is -0.138. The largest absolute Gasteiger partial charge is 0.395 e. The topological polar surface area (TPSA) is 98.7 Å². The number of hydrogen-bond acceptors (Lipinski definition) is 4. The molecule has 0 aliphatic rings. The summed E-state index contributed by atoms with van der Waals surface area (Å²) in [5, 5.41) is 14.3. The van der Waals surface area contributed by atoms with Crippen molar-refractivity contribution in [3.63, 3.8) is 0 Å². The van der Waals surface area contributed by atoms with E-state index in [0.29, 0.717) is 11.8 Å². The van der Waals surface area contributed by atoms with Crippen LogP contribution in [-0.2, 0) is 20.8 Å². The molecule has 0 aliphatic heterocycles. The molecule has 9 heteroatoms. The highest BCUT2D eigenvalue weighted by atomic mass is 19.1. The first-order chi connectivity index (χ1) is 14.3. The minimum absolute atomic E-state index is 0.101. The second-order valence-electron chi connectivity index (χ2n) is 6.64. The number of anilines is 1. The molecule has 160 valence electrons. The number of nitrogens with one attached hydrogen (secondary N) is 2. The van der Waals surface area contributed by atoms with Gasteiger partial charge in [-0.2, -0.15) is 0 Å². The maximum absolute atomic E-state index is 13.2. The van der Waals surface area contributed by atoms with Crippen LogP contribution in [0, 0.1) is 11.6 Å². The molecule has 0 aliphatic carbocycles. The Hall–Kier alpha value is -3.33. The van der Waals surface area contributed by atoms with Crippen LogP contribution in [0.15, 0.2) is 48.5 Å². The first-order valence-electron chi connectivity index (χ1n) is 9.27. The van der Waals surface area contributed by atoms with Crippen LogP contribution in [0.25, 0.3) is 0 Å². The Morgan fingerprint density at radius 1 is 1.03 bits per heavy atom. The van der Waals surface area contributed by atoms with Crippen molar-refractivity contribution in [2.45, 2.75) is 19.4 Å². The molecule has 0 saturated heterocycles. The molecule has 0 bridgehead atoms. The monoisotopic (exact) mass is 419 g/mol. The molecule has 0 saturated carbocycles. The first-order valence-corrected chi connectivity index (χ1v) is 9.27. The van der Waals surface area contributed by atoms with Crippen molar-refractivity contribution in [3.8, 4) is 0 Å². The van der Waals surface area contributed by atoms with E-state index in [0.717, 1.165) is 17.0 Å². The number of benzene rings is 2. The molecule has 2 aromatic rings. The molecule has 2 rings (SSSR count). The molecule has 0 radical (unpaired) electrons. The van der Waals surface area contributed by atoms with Gasteiger partial charge in [0.25, 0.3) is 0 Å². The molecule has 30 heavy (non-hydrogen) atoms. The number of carbonyl (C=O) groups is 3. The summed E-state index contributed by atoms with van der Waals surface area (Å²) < 4.78 is 26.5. The quantitative estimate of drug-likeness (QED) is 0.573. The Labute approximate surface area is 172 Å². The van der Waals surface area contributed by atoms with Crippen molar-refractivity contribution in [1.82, 2.24) is 10.2 Å². The van der Waals surface area contributed by atoms with Crippen LogP contribution in [0.3, 0.4) is 0 Å². The fraction of sp³-hybridized carbons (Fsp3) is 0.286. The molecule has 7 nitrogen and oxygen atoms in total. The fourth-order valence-electron chi connectivity index (χ4n) is 2.81. The third-order valence-electron chi connectivity index (χ3n) is 4.11. The maximum atomic E-state index is 13.2. The van der Waals surface area contributed by atoms with Crippen LogP contribution in [0.5, 0.6) is 0 Å². The highest BCUT2D eigenvalue weighted by molar-refractivity contribution is 5.96. The lowest BCUT2D eigenvalue weighted by Crippen LogP contribution is -2.50. The Balaban J connectivity index is 1.94. The van der Waals surface area contributed by atoms with E-state index in [-0.39, 0.29) is 31.7 Å². The number of nitrogens with zero attached hydrogens (tertiary/aromatic N) is 1. The molecule has 2 aromatic carbocycles. The molecule has 3 N–H and O–H groups in total. The highest BCUT2D eigenvalue weighted by Gasteiger charge is 2.24. The number of hydrogen-bond donors (Lipinski definition) is 3. The normalized spacial score (nSPS) is 11.5. The van der Waals surface area contributed by atoms with Gasteiger partial charge in [-0.05, 0) is 36.8 Å². The van der Waals surface area contributed by atoms with Gasteiger partial charge < -0.3 is 20.6 Å². The van der Waals surface area contributed by atoms with Crippen molar-refractivity contribution in [3.05, 3.63) is 65.7 Å². The zero-order chi connectivity index (χ0) is 22.1. The first kappa shape index (κ1) is 23.0. The molecule has 0 aromatic heterocycles. The van der Waals surface area contributed by atoms with Crippen molar-refractivity contribution < 1.29 is 28.3 Å². The number of amides is 3. The summed E-state index contributed by atoms with van der Waals surface area (Å²) in [5.74, 6) is -3.26. The van der Waals surface area contributed by atoms with Gasteiger partial charge in [0, 0.05) is 18.3 Å². The molecular weight excluding hydrogens is 396 g/mol. The van der Waals surface area contributed by atoms with Gasteiger partial charge in [0.05, 0.1) is 13.0 Å². The molecule has 1 atom stereocenters. The van der Waals surface area contributed by atoms with E-state index in [1.807, 2.05) is 0 Å². The van der Waals surface area contributed by atoms with Gasteiger partial charge in [0.1, 0.15) is 24.2 Å². The predicted molar refractivity (Wildman–Crippen MR) is 106 cm³/mol. The summed E-state index contributed by atoms with van der Waals surface area (Å²) in [5.41, 5.74) is 0.682. The lowest BCUT2D eigenvalue weighted by Gasteiger charge is -2.25. The summed E-state index contributed by atoms with van der Waals surface area (Å²) in [4.78, 5) is 38.1. The average Bonchev–Trinajstić information content (AvgIpc) is 2.66. The van der Waals surface area contributed by atoms with E-state index in [9.17, 15) is 28.3 Å². The van der Waals surface area contributed by atoms with Crippen LogP contribution >= 0.6 is 0 Å². The van der Waals surface area contributed by atoms with Gasteiger partial charge >= 0.3 is 0 Å². The SMILES string of the molecule is C[C@H](NC(=O)Cc1cc(F)cc(F)c1)C(=O)N(CCO)CC(=O)Nc1ccccc1. The van der Waals surface area contributed by atoms with Crippen molar-refractivity contribution >= 4 is 23.4 Å². The third kappa shape index (κ3) is 7.25. The minimum atomic E-state index is -1.01. The van der Waals surface area contributed by atoms with Crippen LogP contribution in [0.4, 0.5) is 14.5 Å². The van der Waals surface area contributed by atoms with E-state index in [4.69, 9.17) is 0 Å². The second kappa shape index (κ2) is 11.0. The number of aliphatic hydroxyl groups excluding tert-OH is 1. The molecule has 0 spiro atoms. The van der Waals surface area contributed by atoms with Crippen LogP contribution in [-0.4, -0.2) is 53.5 Å². The average molecular weight is 419 g/mol. The summed E-state index contributed by atoms with van der Waals surface area (Å²) in [7, 11) is 0.